The number of hydrogen-bond donors (Lipinski definition) is 2. The van der Waals surface area contributed by atoms with Gasteiger partial charge >= 0.3 is 0 Å². The molecule has 0 aliphatic heterocycles. The number of anilines is 1. The third kappa shape index (κ3) is 3.24. The normalized spacial score (nSPS) is 10.9. The third-order valence-electron chi connectivity index (χ3n) is 2.57. The van der Waals surface area contributed by atoms with Gasteiger partial charge in [-0.3, -0.25) is 4.72 Å². The molecule has 2 aromatic rings. The molecule has 8 heteroatoms. The van der Waals surface area contributed by atoms with Crippen molar-refractivity contribution in [2.75, 3.05) is 4.72 Å². The molecule has 0 aliphatic rings. The van der Waals surface area contributed by atoms with Gasteiger partial charge in [0.25, 0.3) is 10.0 Å². The largest absolute Gasteiger partial charge is 0.506 e. The van der Waals surface area contributed by atoms with Crippen molar-refractivity contribution in [2.45, 2.75) is 4.90 Å². The van der Waals surface area contributed by atoms with Crippen LogP contribution in [0.2, 0.25) is 5.02 Å². The maximum Gasteiger partial charge on any atom is 0.262 e. The van der Waals surface area contributed by atoms with Gasteiger partial charge in [-0.05, 0) is 36.4 Å². The zero-order valence-electron chi connectivity index (χ0n) is 10.3. The van der Waals surface area contributed by atoms with Crippen LogP contribution in [-0.4, -0.2) is 13.5 Å². The Labute approximate surface area is 125 Å². The van der Waals surface area contributed by atoms with Crippen LogP contribution in [0.5, 0.6) is 5.75 Å². The predicted molar refractivity (Wildman–Crippen MR) is 75.0 cm³/mol. The van der Waals surface area contributed by atoms with E-state index in [-0.39, 0.29) is 21.4 Å². The van der Waals surface area contributed by atoms with Gasteiger partial charge in [0.1, 0.15) is 17.6 Å². The summed E-state index contributed by atoms with van der Waals surface area (Å²) < 4.78 is 39.6. The number of aromatic hydroxyl groups is 1. The van der Waals surface area contributed by atoms with Crippen molar-refractivity contribution in [1.82, 2.24) is 0 Å². The summed E-state index contributed by atoms with van der Waals surface area (Å²) in [6.45, 7) is 0. The van der Waals surface area contributed by atoms with E-state index >= 15 is 0 Å². The fourth-order valence-corrected chi connectivity index (χ4v) is 2.81. The van der Waals surface area contributed by atoms with Crippen molar-refractivity contribution in [1.29, 1.82) is 5.26 Å². The molecule has 0 saturated heterocycles. The number of nitriles is 1. The number of phenols is 1. The van der Waals surface area contributed by atoms with Crippen molar-refractivity contribution < 1.29 is 17.9 Å². The lowest BCUT2D eigenvalue weighted by molar-refractivity contribution is 0.477. The van der Waals surface area contributed by atoms with Crippen LogP contribution in [0.4, 0.5) is 10.1 Å². The molecule has 108 valence electrons. The van der Waals surface area contributed by atoms with Gasteiger partial charge in [0.2, 0.25) is 0 Å². The summed E-state index contributed by atoms with van der Waals surface area (Å²) in [6.07, 6.45) is 0. The molecule has 0 atom stereocenters. The standard InChI is InChI=1S/C13H8ClFN2O3S/c14-9-1-4-13(18)12(6-9)17-21(19,20)10-2-3-11(15)8(5-10)7-16/h1-6,17-18H. The van der Waals surface area contributed by atoms with E-state index in [1.807, 2.05) is 0 Å². The van der Waals surface area contributed by atoms with Crippen LogP contribution in [0.3, 0.4) is 0 Å². The van der Waals surface area contributed by atoms with Crippen LogP contribution in [0.25, 0.3) is 0 Å². The monoisotopic (exact) mass is 326 g/mol. The molecule has 0 bridgehead atoms. The van der Waals surface area contributed by atoms with Crippen molar-refractivity contribution >= 4 is 27.3 Å². The molecule has 2 aromatic carbocycles. The summed E-state index contributed by atoms with van der Waals surface area (Å²) in [5.74, 6) is -1.13. The summed E-state index contributed by atoms with van der Waals surface area (Å²) in [4.78, 5) is -0.306. The third-order valence-corrected chi connectivity index (χ3v) is 4.17. The number of hydrogen-bond acceptors (Lipinski definition) is 4. The van der Waals surface area contributed by atoms with E-state index in [1.54, 1.807) is 6.07 Å². The molecular weight excluding hydrogens is 319 g/mol. The fraction of sp³-hybridized carbons (Fsp3) is 0. The van der Waals surface area contributed by atoms with Gasteiger partial charge in [-0.1, -0.05) is 11.6 Å². The first-order valence-electron chi connectivity index (χ1n) is 5.54. The van der Waals surface area contributed by atoms with Gasteiger partial charge < -0.3 is 5.11 Å². The van der Waals surface area contributed by atoms with Crippen LogP contribution in [0.1, 0.15) is 5.56 Å². The number of nitrogens with zero attached hydrogens (tertiary/aromatic N) is 1. The molecule has 0 unspecified atom stereocenters. The van der Waals surface area contributed by atoms with Gasteiger partial charge in [-0.25, -0.2) is 12.8 Å². The van der Waals surface area contributed by atoms with Gasteiger partial charge in [0.05, 0.1) is 16.1 Å². The van der Waals surface area contributed by atoms with Gasteiger partial charge in [0.15, 0.2) is 0 Å². The van der Waals surface area contributed by atoms with Crippen LogP contribution in [0.15, 0.2) is 41.3 Å². The van der Waals surface area contributed by atoms with Crippen LogP contribution < -0.4 is 4.72 Å². The molecular formula is C13H8ClFN2O3S. The minimum atomic E-state index is -4.09. The van der Waals surface area contributed by atoms with Crippen molar-refractivity contribution in [3.05, 3.63) is 52.8 Å². The molecule has 0 spiro atoms. The first-order chi connectivity index (χ1) is 9.83. The van der Waals surface area contributed by atoms with E-state index < -0.39 is 21.4 Å². The Bertz CT molecular complexity index is 847. The fourth-order valence-electron chi connectivity index (χ4n) is 1.55. The van der Waals surface area contributed by atoms with Crippen LogP contribution in [0, 0.1) is 17.1 Å². The second kappa shape index (κ2) is 5.60. The number of halogens is 2. The van der Waals surface area contributed by atoms with Crippen LogP contribution >= 0.6 is 11.6 Å². The molecule has 0 amide bonds. The van der Waals surface area contributed by atoms with Crippen molar-refractivity contribution in [3.63, 3.8) is 0 Å². The van der Waals surface area contributed by atoms with E-state index in [9.17, 15) is 17.9 Å². The molecule has 2 N–H and O–H groups in total. The number of benzene rings is 2. The average Bonchev–Trinajstić information content (AvgIpc) is 2.43. The zero-order valence-corrected chi connectivity index (χ0v) is 11.9. The highest BCUT2D eigenvalue weighted by Crippen LogP contribution is 2.29. The lowest BCUT2D eigenvalue weighted by atomic mass is 10.2. The second-order valence-electron chi connectivity index (χ2n) is 4.02. The summed E-state index contributed by atoms with van der Waals surface area (Å²) in [5, 5.41) is 18.5. The molecule has 0 fully saturated rings. The first kappa shape index (κ1) is 15.1. The molecule has 5 nitrogen and oxygen atoms in total. The number of sulfonamides is 1. The van der Waals surface area contributed by atoms with E-state index in [2.05, 4.69) is 4.72 Å². The summed E-state index contributed by atoms with van der Waals surface area (Å²) >= 11 is 5.72. The lowest BCUT2D eigenvalue weighted by Gasteiger charge is -2.10. The lowest BCUT2D eigenvalue weighted by Crippen LogP contribution is -2.13. The quantitative estimate of drug-likeness (QED) is 0.849. The first-order valence-corrected chi connectivity index (χ1v) is 7.40. The molecule has 2 rings (SSSR count). The SMILES string of the molecule is N#Cc1cc(S(=O)(=O)Nc2cc(Cl)ccc2O)ccc1F. The molecule has 0 heterocycles. The maximum atomic E-state index is 13.2. The Morgan fingerprint density at radius 3 is 2.62 bits per heavy atom. The highest BCUT2D eigenvalue weighted by atomic mass is 35.5. The Hall–Kier alpha value is -2.30. The Kier molecular flexibility index (Phi) is 4.02. The topological polar surface area (TPSA) is 90.2 Å². The second-order valence-corrected chi connectivity index (χ2v) is 6.14. The predicted octanol–water partition coefficient (Wildman–Crippen LogP) is 2.86. The Balaban J connectivity index is 2.44. The Morgan fingerprint density at radius 2 is 1.95 bits per heavy atom. The summed E-state index contributed by atoms with van der Waals surface area (Å²) in [6, 6.07) is 8.19. The zero-order chi connectivity index (χ0) is 15.6. The molecule has 0 aliphatic carbocycles. The van der Waals surface area contributed by atoms with Crippen molar-refractivity contribution in [3.8, 4) is 11.8 Å². The average molecular weight is 327 g/mol. The highest BCUT2D eigenvalue weighted by molar-refractivity contribution is 7.92. The van der Waals surface area contributed by atoms with E-state index in [0.29, 0.717) is 0 Å². The van der Waals surface area contributed by atoms with Crippen molar-refractivity contribution in [2.24, 2.45) is 0 Å². The van der Waals surface area contributed by atoms with Crippen LogP contribution in [-0.2, 0) is 10.0 Å². The molecule has 0 saturated carbocycles. The minimum Gasteiger partial charge on any atom is -0.506 e. The maximum absolute atomic E-state index is 13.2. The van der Waals surface area contributed by atoms with Gasteiger partial charge in [-0.2, -0.15) is 5.26 Å². The molecule has 0 aromatic heterocycles. The van der Waals surface area contributed by atoms with E-state index in [0.717, 1.165) is 18.2 Å². The van der Waals surface area contributed by atoms with E-state index in [4.69, 9.17) is 16.9 Å². The number of phenolic OH excluding ortho intramolecular Hbond substituents is 1. The summed E-state index contributed by atoms with van der Waals surface area (Å²) in [7, 11) is -4.09. The van der Waals surface area contributed by atoms with Gasteiger partial charge in [0, 0.05) is 5.02 Å². The Morgan fingerprint density at radius 1 is 1.24 bits per heavy atom. The summed E-state index contributed by atoms with van der Waals surface area (Å²) in [5.41, 5.74) is -0.515. The van der Waals surface area contributed by atoms with Gasteiger partial charge in [-0.15, -0.1) is 0 Å². The van der Waals surface area contributed by atoms with E-state index in [1.165, 1.54) is 18.2 Å². The number of rotatable bonds is 3. The highest BCUT2D eigenvalue weighted by Gasteiger charge is 2.18. The molecule has 21 heavy (non-hydrogen) atoms. The molecule has 0 radical (unpaired) electrons. The number of nitrogens with one attached hydrogen (secondary N) is 1. The smallest absolute Gasteiger partial charge is 0.262 e. The minimum absolute atomic E-state index is 0.120.